The lowest BCUT2D eigenvalue weighted by Gasteiger charge is -2.38. The van der Waals surface area contributed by atoms with Crippen LogP contribution >= 0.6 is 0 Å². The highest BCUT2D eigenvalue weighted by Crippen LogP contribution is 2.21. The lowest BCUT2D eigenvalue weighted by atomic mass is 9.95. The van der Waals surface area contributed by atoms with E-state index in [9.17, 15) is 9.59 Å². The van der Waals surface area contributed by atoms with Crippen molar-refractivity contribution in [3.63, 3.8) is 0 Å². The molecule has 0 spiro atoms. The second-order valence-corrected chi connectivity index (χ2v) is 5.71. The van der Waals surface area contributed by atoms with E-state index < -0.39 is 0 Å². The highest BCUT2D eigenvalue weighted by molar-refractivity contribution is 5.90. The minimum atomic E-state index is -0.273. The SMILES string of the molecule is CNC(=O)C1CCCCN1C(=O)C1CCCC(C)N1. The van der Waals surface area contributed by atoms with Crippen molar-refractivity contribution in [2.24, 2.45) is 0 Å². The maximum Gasteiger partial charge on any atom is 0.242 e. The van der Waals surface area contributed by atoms with Crippen LogP contribution < -0.4 is 10.6 Å². The summed E-state index contributed by atoms with van der Waals surface area (Å²) in [6, 6.07) is 0.0187. The van der Waals surface area contributed by atoms with Crippen LogP contribution in [0.15, 0.2) is 0 Å². The molecule has 0 bridgehead atoms. The molecule has 0 aromatic rings. The van der Waals surface area contributed by atoms with Gasteiger partial charge in [0.25, 0.3) is 0 Å². The van der Waals surface area contributed by atoms with Crippen LogP contribution in [-0.2, 0) is 9.59 Å². The van der Waals surface area contributed by atoms with E-state index in [1.807, 2.05) is 0 Å². The number of amides is 2. The van der Waals surface area contributed by atoms with Gasteiger partial charge in [-0.25, -0.2) is 0 Å². The first kappa shape index (κ1) is 14.3. The molecule has 2 amide bonds. The van der Waals surface area contributed by atoms with Crippen molar-refractivity contribution in [2.45, 2.75) is 63.6 Å². The van der Waals surface area contributed by atoms with Crippen LogP contribution in [0.25, 0.3) is 0 Å². The molecule has 0 aliphatic carbocycles. The molecular formula is C14H25N3O2. The summed E-state index contributed by atoms with van der Waals surface area (Å²) in [5.74, 6) is 0.0803. The largest absolute Gasteiger partial charge is 0.357 e. The van der Waals surface area contributed by atoms with Crippen molar-refractivity contribution in [1.29, 1.82) is 0 Å². The first-order chi connectivity index (χ1) is 9.13. The number of carbonyl (C=O) groups excluding carboxylic acids is 2. The first-order valence-corrected chi connectivity index (χ1v) is 7.41. The predicted octanol–water partition coefficient (Wildman–Crippen LogP) is 0.644. The third kappa shape index (κ3) is 3.26. The molecule has 108 valence electrons. The highest BCUT2D eigenvalue weighted by Gasteiger charge is 2.36. The molecule has 5 heteroatoms. The number of hydrogen-bond acceptors (Lipinski definition) is 3. The van der Waals surface area contributed by atoms with E-state index in [2.05, 4.69) is 17.6 Å². The van der Waals surface area contributed by atoms with E-state index in [1.54, 1.807) is 11.9 Å². The van der Waals surface area contributed by atoms with Gasteiger partial charge in [-0.1, -0.05) is 0 Å². The number of carbonyl (C=O) groups is 2. The van der Waals surface area contributed by atoms with Gasteiger partial charge in [-0.05, 0) is 45.4 Å². The Labute approximate surface area is 115 Å². The molecule has 3 atom stereocenters. The van der Waals surface area contributed by atoms with Gasteiger partial charge < -0.3 is 15.5 Å². The van der Waals surface area contributed by atoms with Gasteiger partial charge in [-0.3, -0.25) is 9.59 Å². The van der Waals surface area contributed by atoms with Crippen LogP contribution in [0.2, 0.25) is 0 Å². The Balaban J connectivity index is 2.04. The fourth-order valence-electron chi connectivity index (χ4n) is 3.17. The topological polar surface area (TPSA) is 61.4 Å². The fourth-order valence-corrected chi connectivity index (χ4v) is 3.17. The maximum absolute atomic E-state index is 12.6. The summed E-state index contributed by atoms with van der Waals surface area (Å²) in [4.78, 5) is 26.3. The van der Waals surface area contributed by atoms with Crippen LogP contribution in [0, 0.1) is 0 Å². The third-order valence-electron chi connectivity index (χ3n) is 4.25. The smallest absolute Gasteiger partial charge is 0.242 e. The van der Waals surface area contributed by atoms with Crippen molar-refractivity contribution in [3.05, 3.63) is 0 Å². The zero-order valence-corrected chi connectivity index (χ0v) is 11.9. The zero-order chi connectivity index (χ0) is 13.8. The molecule has 2 heterocycles. The van der Waals surface area contributed by atoms with E-state index in [4.69, 9.17) is 0 Å². The summed E-state index contributed by atoms with van der Waals surface area (Å²) in [5.41, 5.74) is 0. The van der Waals surface area contributed by atoms with E-state index in [1.165, 1.54) is 0 Å². The second kappa shape index (κ2) is 6.37. The van der Waals surface area contributed by atoms with Crippen LogP contribution in [0.1, 0.15) is 45.4 Å². The Hall–Kier alpha value is -1.10. The zero-order valence-electron chi connectivity index (χ0n) is 11.9. The Kier molecular flexibility index (Phi) is 4.80. The fraction of sp³-hybridized carbons (Fsp3) is 0.857. The molecular weight excluding hydrogens is 242 g/mol. The summed E-state index contributed by atoms with van der Waals surface area (Å²) in [7, 11) is 1.64. The van der Waals surface area contributed by atoms with Gasteiger partial charge in [-0.2, -0.15) is 0 Å². The molecule has 2 rings (SSSR count). The van der Waals surface area contributed by atoms with Crippen LogP contribution in [-0.4, -0.2) is 48.4 Å². The summed E-state index contributed by atoms with van der Waals surface area (Å²) < 4.78 is 0. The normalized spacial score (nSPS) is 31.9. The van der Waals surface area contributed by atoms with Crippen LogP contribution in [0.3, 0.4) is 0 Å². The monoisotopic (exact) mass is 267 g/mol. The average Bonchev–Trinajstić information content (AvgIpc) is 2.45. The molecule has 2 N–H and O–H groups in total. The van der Waals surface area contributed by atoms with Gasteiger partial charge in [0.15, 0.2) is 0 Å². The molecule has 2 aliphatic heterocycles. The lowest BCUT2D eigenvalue weighted by Crippen LogP contribution is -2.58. The number of rotatable bonds is 2. The van der Waals surface area contributed by atoms with Crippen molar-refractivity contribution in [3.8, 4) is 0 Å². The number of likely N-dealkylation sites (N-methyl/N-ethyl adjacent to an activating group) is 1. The van der Waals surface area contributed by atoms with Crippen molar-refractivity contribution in [1.82, 2.24) is 15.5 Å². The van der Waals surface area contributed by atoms with Gasteiger partial charge in [0.1, 0.15) is 6.04 Å². The molecule has 0 aromatic heterocycles. The standard InChI is InChI=1S/C14H25N3O2/c1-10-6-5-7-11(16-10)14(19)17-9-4-3-8-12(17)13(18)15-2/h10-12,16H,3-9H2,1-2H3,(H,15,18). The van der Waals surface area contributed by atoms with Gasteiger partial charge in [0.05, 0.1) is 6.04 Å². The number of piperidine rings is 2. The quantitative estimate of drug-likeness (QED) is 0.772. The predicted molar refractivity (Wildman–Crippen MR) is 73.7 cm³/mol. The summed E-state index contributed by atoms with van der Waals surface area (Å²) in [6.45, 7) is 2.83. The first-order valence-electron chi connectivity index (χ1n) is 7.41. The van der Waals surface area contributed by atoms with Crippen molar-refractivity contribution in [2.75, 3.05) is 13.6 Å². The van der Waals surface area contributed by atoms with E-state index in [0.29, 0.717) is 12.6 Å². The molecule has 0 radical (unpaired) electrons. The van der Waals surface area contributed by atoms with Gasteiger partial charge in [0.2, 0.25) is 11.8 Å². The molecule has 19 heavy (non-hydrogen) atoms. The van der Waals surface area contributed by atoms with E-state index >= 15 is 0 Å². The molecule has 2 fully saturated rings. The summed E-state index contributed by atoms with van der Waals surface area (Å²) in [5, 5.41) is 6.05. The Morgan fingerprint density at radius 2 is 1.95 bits per heavy atom. The number of nitrogens with zero attached hydrogens (tertiary/aromatic N) is 1. The van der Waals surface area contributed by atoms with E-state index in [0.717, 1.165) is 38.5 Å². The second-order valence-electron chi connectivity index (χ2n) is 5.71. The van der Waals surface area contributed by atoms with E-state index in [-0.39, 0.29) is 23.9 Å². The van der Waals surface area contributed by atoms with Crippen LogP contribution in [0.4, 0.5) is 0 Å². The molecule has 2 saturated heterocycles. The average molecular weight is 267 g/mol. The summed E-state index contributed by atoms with van der Waals surface area (Å²) >= 11 is 0. The van der Waals surface area contributed by atoms with Gasteiger partial charge >= 0.3 is 0 Å². The molecule has 2 aliphatic rings. The minimum Gasteiger partial charge on any atom is -0.357 e. The Morgan fingerprint density at radius 1 is 1.16 bits per heavy atom. The molecule has 3 unspecified atom stereocenters. The van der Waals surface area contributed by atoms with Crippen molar-refractivity contribution >= 4 is 11.8 Å². The van der Waals surface area contributed by atoms with Crippen molar-refractivity contribution < 1.29 is 9.59 Å². The van der Waals surface area contributed by atoms with Gasteiger partial charge in [0, 0.05) is 19.6 Å². The maximum atomic E-state index is 12.6. The highest BCUT2D eigenvalue weighted by atomic mass is 16.2. The molecule has 0 saturated carbocycles. The summed E-state index contributed by atoms with van der Waals surface area (Å²) in [6.07, 6.45) is 5.91. The number of nitrogens with one attached hydrogen (secondary N) is 2. The van der Waals surface area contributed by atoms with Crippen LogP contribution in [0.5, 0.6) is 0 Å². The Morgan fingerprint density at radius 3 is 2.63 bits per heavy atom. The molecule has 5 nitrogen and oxygen atoms in total. The number of likely N-dealkylation sites (tertiary alicyclic amines) is 1. The van der Waals surface area contributed by atoms with Gasteiger partial charge in [-0.15, -0.1) is 0 Å². The lowest BCUT2D eigenvalue weighted by molar-refractivity contribution is -0.144. The Bertz CT molecular complexity index is 346. The number of hydrogen-bond donors (Lipinski definition) is 2. The minimum absolute atomic E-state index is 0.0306. The third-order valence-corrected chi connectivity index (χ3v) is 4.25. The molecule has 0 aromatic carbocycles.